The summed E-state index contributed by atoms with van der Waals surface area (Å²) in [5, 5.41) is -0.200. The van der Waals surface area contributed by atoms with Crippen LogP contribution in [0, 0.1) is 5.92 Å². The molecule has 0 rings (SSSR count). The number of hydrogen-bond donors (Lipinski definition) is 0. The molecule has 0 fully saturated rings. The third-order valence-electron chi connectivity index (χ3n) is 1.81. The number of halogens is 1. The van der Waals surface area contributed by atoms with Gasteiger partial charge in [-0.1, -0.05) is 39.5 Å². The average molecular weight is 177 g/mol. The van der Waals surface area contributed by atoms with Gasteiger partial charge in [-0.15, -0.1) is 0 Å². The predicted molar refractivity (Wildman–Crippen MR) is 48.8 cm³/mol. The average Bonchev–Trinajstić information content (AvgIpc) is 1.86. The van der Waals surface area contributed by atoms with Gasteiger partial charge in [-0.25, -0.2) is 0 Å². The second-order valence-electron chi connectivity index (χ2n) is 3.16. The lowest BCUT2D eigenvalue weighted by molar-refractivity contribution is -0.112. The first-order valence-electron chi connectivity index (χ1n) is 4.35. The van der Waals surface area contributed by atoms with Crippen LogP contribution in [0.1, 0.15) is 46.0 Å². The van der Waals surface area contributed by atoms with Crippen molar-refractivity contribution in [2.45, 2.75) is 46.0 Å². The molecule has 0 saturated heterocycles. The fourth-order valence-electron chi connectivity index (χ4n) is 1.12. The van der Waals surface area contributed by atoms with Gasteiger partial charge in [0.1, 0.15) is 0 Å². The third-order valence-corrected chi connectivity index (χ3v) is 1.96. The molecular formula is C9H17ClO. The van der Waals surface area contributed by atoms with Crippen LogP contribution < -0.4 is 0 Å². The van der Waals surface area contributed by atoms with Gasteiger partial charge in [0.05, 0.1) is 0 Å². The Morgan fingerprint density at radius 1 is 1.45 bits per heavy atom. The van der Waals surface area contributed by atoms with Crippen LogP contribution in [0.4, 0.5) is 0 Å². The number of carbonyl (C=O) groups is 1. The highest BCUT2D eigenvalue weighted by molar-refractivity contribution is 6.63. The van der Waals surface area contributed by atoms with E-state index in [0.29, 0.717) is 12.3 Å². The van der Waals surface area contributed by atoms with Crippen LogP contribution in [0.15, 0.2) is 0 Å². The zero-order valence-electron chi connectivity index (χ0n) is 7.40. The van der Waals surface area contributed by atoms with E-state index in [-0.39, 0.29) is 5.24 Å². The van der Waals surface area contributed by atoms with Gasteiger partial charge in [0.25, 0.3) is 0 Å². The Morgan fingerprint density at radius 2 is 2.09 bits per heavy atom. The summed E-state index contributed by atoms with van der Waals surface area (Å²) in [5.41, 5.74) is 0. The van der Waals surface area contributed by atoms with Gasteiger partial charge in [0.15, 0.2) is 0 Å². The lowest BCUT2D eigenvalue weighted by Crippen LogP contribution is -1.99. The van der Waals surface area contributed by atoms with Crippen molar-refractivity contribution in [1.82, 2.24) is 0 Å². The fourth-order valence-corrected chi connectivity index (χ4v) is 1.38. The van der Waals surface area contributed by atoms with Gasteiger partial charge in [0.2, 0.25) is 5.24 Å². The second kappa shape index (κ2) is 6.66. The van der Waals surface area contributed by atoms with Gasteiger partial charge in [0, 0.05) is 6.42 Å². The molecule has 0 bridgehead atoms. The maximum atomic E-state index is 10.5. The normalized spacial score (nSPS) is 13.0. The van der Waals surface area contributed by atoms with Crippen molar-refractivity contribution >= 4 is 16.8 Å². The minimum atomic E-state index is -0.200. The number of unbranched alkanes of at least 4 members (excludes halogenated alkanes) is 2. The van der Waals surface area contributed by atoms with E-state index in [0.717, 1.165) is 6.42 Å². The van der Waals surface area contributed by atoms with Crippen LogP contribution in [0.25, 0.3) is 0 Å². The van der Waals surface area contributed by atoms with E-state index in [4.69, 9.17) is 11.6 Å². The highest BCUT2D eigenvalue weighted by Gasteiger charge is 2.05. The quantitative estimate of drug-likeness (QED) is 0.448. The molecule has 1 nitrogen and oxygen atoms in total. The van der Waals surface area contributed by atoms with Gasteiger partial charge >= 0.3 is 0 Å². The largest absolute Gasteiger partial charge is 0.281 e. The summed E-state index contributed by atoms with van der Waals surface area (Å²) in [7, 11) is 0. The van der Waals surface area contributed by atoms with E-state index < -0.39 is 0 Å². The topological polar surface area (TPSA) is 17.1 Å². The monoisotopic (exact) mass is 176 g/mol. The maximum absolute atomic E-state index is 10.5. The van der Waals surface area contributed by atoms with E-state index in [1.54, 1.807) is 0 Å². The SMILES string of the molecule is CCCCC[C@H](C)CC(=O)Cl. The summed E-state index contributed by atoms with van der Waals surface area (Å²) in [6.45, 7) is 4.26. The maximum Gasteiger partial charge on any atom is 0.221 e. The first-order chi connectivity index (χ1) is 5.16. The Kier molecular flexibility index (Phi) is 6.63. The van der Waals surface area contributed by atoms with Gasteiger partial charge < -0.3 is 0 Å². The van der Waals surface area contributed by atoms with Crippen LogP contribution >= 0.6 is 11.6 Å². The third kappa shape index (κ3) is 7.86. The molecule has 0 aliphatic heterocycles. The molecule has 0 N–H and O–H groups in total. The standard InChI is InChI=1S/C9H17ClO/c1-3-4-5-6-8(2)7-9(10)11/h8H,3-7H2,1-2H3/t8-/m0/s1. The molecule has 0 amide bonds. The Labute approximate surface area is 74.1 Å². The molecule has 0 aliphatic carbocycles. The minimum absolute atomic E-state index is 0.200. The molecule has 11 heavy (non-hydrogen) atoms. The van der Waals surface area contributed by atoms with Crippen LogP contribution in [-0.4, -0.2) is 5.24 Å². The van der Waals surface area contributed by atoms with Crippen molar-refractivity contribution in [3.63, 3.8) is 0 Å². The molecule has 0 heterocycles. The molecule has 0 aromatic heterocycles. The zero-order valence-corrected chi connectivity index (χ0v) is 8.16. The van der Waals surface area contributed by atoms with Crippen molar-refractivity contribution < 1.29 is 4.79 Å². The zero-order chi connectivity index (χ0) is 8.69. The number of hydrogen-bond acceptors (Lipinski definition) is 1. The number of rotatable bonds is 6. The lowest BCUT2D eigenvalue weighted by Gasteiger charge is -2.06. The van der Waals surface area contributed by atoms with Crippen LogP contribution in [-0.2, 0) is 4.79 Å². The molecule has 0 aromatic rings. The van der Waals surface area contributed by atoms with E-state index in [1.165, 1.54) is 19.3 Å². The lowest BCUT2D eigenvalue weighted by atomic mass is 10.0. The number of carbonyl (C=O) groups excluding carboxylic acids is 1. The summed E-state index contributed by atoms with van der Waals surface area (Å²) < 4.78 is 0. The Hall–Kier alpha value is -0.0400. The summed E-state index contributed by atoms with van der Waals surface area (Å²) in [6.07, 6.45) is 5.39. The van der Waals surface area contributed by atoms with Crippen molar-refractivity contribution in [1.29, 1.82) is 0 Å². The van der Waals surface area contributed by atoms with E-state index in [1.807, 2.05) is 0 Å². The Bertz CT molecular complexity index is 112. The molecule has 0 spiro atoms. The highest BCUT2D eigenvalue weighted by Crippen LogP contribution is 2.13. The van der Waals surface area contributed by atoms with Crippen molar-refractivity contribution in [3.8, 4) is 0 Å². The van der Waals surface area contributed by atoms with Crippen LogP contribution in [0.2, 0.25) is 0 Å². The van der Waals surface area contributed by atoms with E-state index in [2.05, 4.69) is 13.8 Å². The van der Waals surface area contributed by atoms with Gasteiger partial charge in [-0.05, 0) is 17.5 Å². The molecule has 0 radical (unpaired) electrons. The molecule has 0 aromatic carbocycles. The van der Waals surface area contributed by atoms with Gasteiger partial charge in [-0.2, -0.15) is 0 Å². The molecule has 0 aliphatic rings. The Morgan fingerprint density at radius 3 is 2.55 bits per heavy atom. The molecule has 66 valence electrons. The molecule has 0 saturated carbocycles. The molecule has 2 heteroatoms. The fraction of sp³-hybridized carbons (Fsp3) is 0.889. The highest BCUT2D eigenvalue weighted by atomic mass is 35.5. The van der Waals surface area contributed by atoms with Gasteiger partial charge in [-0.3, -0.25) is 4.79 Å². The van der Waals surface area contributed by atoms with Crippen LogP contribution in [0.5, 0.6) is 0 Å². The molecular weight excluding hydrogens is 160 g/mol. The van der Waals surface area contributed by atoms with Crippen molar-refractivity contribution in [3.05, 3.63) is 0 Å². The van der Waals surface area contributed by atoms with Crippen molar-refractivity contribution in [2.24, 2.45) is 5.92 Å². The molecule has 1 atom stereocenters. The van der Waals surface area contributed by atoms with E-state index in [9.17, 15) is 4.79 Å². The minimum Gasteiger partial charge on any atom is -0.281 e. The predicted octanol–water partition coefficient (Wildman–Crippen LogP) is 3.36. The summed E-state index contributed by atoms with van der Waals surface area (Å²) in [5.74, 6) is 0.464. The second-order valence-corrected chi connectivity index (χ2v) is 3.58. The smallest absolute Gasteiger partial charge is 0.221 e. The summed E-state index contributed by atoms with van der Waals surface area (Å²) in [6, 6.07) is 0. The first kappa shape index (κ1) is 11.0. The van der Waals surface area contributed by atoms with Crippen LogP contribution in [0.3, 0.4) is 0 Å². The Balaban J connectivity index is 3.22. The van der Waals surface area contributed by atoms with Crippen molar-refractivity contribution in [2.75, 3.05) is 0 Å². The summed E-state index contributed by atoms with van der Waals surface area (Å²) in [4.78, 5) is 10.5. The summed E-state index contributed by atoms with van der Waals surface area (Å²) >= 11 is 5.25. The first-order valence-corrected chi connectivity index (χ1v) is 4.73. The van der Waals surface area contributed by atoms with E-state index >= 15 is 0 Å². The molecule has 0 unspecified atom stereocenters.